The van der Waals surface area contributed by atoms with Crippen molar-refractivity contribution in [1.82, 2.24) is 0 Å². The van der Waals surface area contributed by atoms with Crippen LogP contribution in [0, 0.1) is 6.92 Å². The van der Waals surface area contributed by atoms with Gasteiger partial charge in [0.1, 0.15) is 15.6 Å². The van der Waals surface area contributed by atoms with Crippen LogP contribution in [0.4, 0.5) is 5.00 Å². The van der Waals surface area contributed by atoms with Crippen LogP contribution in [0.1, 0.15) is 49.8 Å². The highest BCUT2D eigenvalue weighted by Gasteiger charge is 2.27. The quantitative estimate of drug-likeness (QED) is 0.724. The minimum Gasteiger partial charge on any atom is -0.497 e. The van der Waals surface area contributed by atoms with Crippen molar-refractivity contribution in [2.24, 2.45) is 0 Å². The van der Waals surface area contributed by atoms with Gasteiger partial charge in [-0.25, -0.2) is 9.59 Å². The Hall–Kier alpha value is -2.87. The normalized spacial score (nSPS) is 10.2. The number of esters is 2. The number of carbonyl (C=O) groups excluding carboxylic acids is 3. The lowest BCUT2D eigenvalue weighted by molar-refractivity contribution is 0.0527. The van der Waals surface area contributed by atoms with Crippen LogP contribution in [-0.4, -0.2) is 38.2 Å². The van der Waals surface area contributed by atoms with E-state index >= 15 is 0 Å². The third kappa shape index (κ3) is 4.65. The maximum atomic E-state index is 12.5. The molecule has 27 heavy (non-hydrogen) atoms. The molecular weight excluding hydrogens is 370 g/mol. The zero-order valence-corrected chi connectivity index (χ0v) is 16.4. The molecule has 0 saturated heterocycles. The molecule has 0 aliphatic carbocycles. The first-order chi connectivity index (χ1) is 12.9. The van der Waals surface area contributed by atoms with E-state index in [2.05, 4.69) is 5.32 Å². The molecule has 144 valence electrons. The minimum atomic E-state index is -0.605. The van der Waals surface area contributed by atoms with Gasteiger partial charge in [-0.3, -0.25) is 4.79 Å². The molecule has 2 rings (SSSR count). The summed E-state index contributed by atoms with van der Waals surface area (Å²) in [6, 6.07) is 6.52. The summed E-state index contributed by atoms with van der Waals surface area (Å²) in [7, 11) is 1.53. The Bertz CT molecular complexity index is 841. The maximum absolute atomic E-state index is 12.5. The molecule has 7 nitrogen and oxygen atoms in total. The number of nitrogens with one attached hydrogen (secondary N) is 1. The van der Waals surface area contributed by atoms with Crippen molar-refractivity contribution >= 4 is 34.2 Å². The minimum absolute atomic E-state index is 0.159. The molecular formula is C19H21NO6S. The maximum Gasteiger partial charge on any atom is 0.348 e. The van der Waals surface area contributed by atoms with Crippen molar-refractivity contribution in [2.45, 2.75) is 20.8 Å². The Balaban J connectivity index is 2.37. The van der Waals surface area contributed by atoms with Gasteiger partial charge in [0.15, 0.2) is 0 Å². The number of benzene rings is 1. The summed E-state index contributed by atoms with van der Waals surface area (Å²) in [4.78, 5) is 37.3. The van der Waals surface area contributed by atoms with Crippen molar-refractivity contribution < 1.29 is 28.6 Å². The number of carbonyl (C=O) groups is 3. The van der Waals surface area contributed by atoms with Crippen LogP contribution < -0.4 is 10.1 Å². The van der Waals surface area contributed by atoms with Gasteiger partial charge < -0.3 is 19.5 Å². The van der Waals surface area contributed by atoms with Crippen LogP contribution in [0.3, 0.4) is 0 Å². The Morgan fingerprint density at radius 3 is 2.15 bits per heavy atom. The number of hydrogen-bond donors (Lipinski definition) is 1. The van der Waals surface area contributed by atoms with Crippen molar-refractivity contribution in [3.8, 4) is 5.75 Å². The lowest BCUT2D eigenvalue weighted by Gasteiger charge is -2.07. The summed E-state index contributed by atoms with van der Waals surface area (Å²) < 4.78 is 15.2. The highest BCUT2D eigenvalue weighted by atomic mass is 32.1. The molecule has 0 atom stereocenters. The molecule has 0 saturated carbocycles. The van der Waals surface area contributed by atoms with Crippen molar-refractivity contribution in [3.05, 3.63) is 45.8 Å². The third-order valence-corrected chi connectivity index (χ3v) is 4.85. The molecule has 0 bridgehead atoms. The lowest BCUT2D eigenvalue weighted by Crippen LogP contribution is -2.15. The zero-order chi connectivity index (χ0) is 20.0. The Morgan fingerprint density at radius 1 is 1.00 bits per heavy atom. The van der Waals surface area contributed by atoms with Crippen LogP contribution in [-0.2, 0) is 9.47 Å². The van der Waals surface area contributed by atoms with Gasteiger partial charge in [-0.1, -0.05) is 0 Å². The van der Waals surface area contributed by atoms with Gasteiger partial charge in [-0.2, -0.15) is 0 Å². The molecule has 0 aliphatic rings. The van der Waals surface area contributed by atoms with Gasteiger partial charge in [0.05, 0.1) is 25.9 Å². The number of rotatable bonds is 7. The number of thiophene rings is 1. The van der Waals surface area contributed by atoms with Crippen molar-refractivity contribution in [1.29, 1.82) is 0 Å². The van der Waals surface area contributed by atoms with Crippen LogP contribution in [0.15, 0.2) is 24.3 Å². The first-order valence-electron chi connectivity index (χ1n) is 8.35. The van der Waals surface area contributed by atoms with E-state index < -0.39 is 17.8 Å². The Labute approximate surface area is 161 Å². The van der Waals surface area contributed by atoms with Crippen LogP contribution in [0.2, 0.25) is 0 Å². The monoisotopic (exact) mass is 391 g/mol. The number of hydrogen-bond acceptors (Lipinski definition) is 7. The van der Waals surface area contributed by atoms with E-state index in [4.69, 9.17) is 14.2 Å². The number of anilines is 1. The largest absolute Gasteiger partial charge is 0.497 e. The molecule has 1 heterocycles. The van der Waals surface area contributed by atoms with Crippen molar-refractivity contribution in [2.75, 3.05) is 25.6 Å². The molecule has 1 aromatic heterocycles. The zero-order valence-electron chi connectivity index (χ0n) is 15.6. The highest BCUT2D eigenvalue weighted by Crippen LogP contribution is 2.34. The molecule has 1 aromatic carbocycles. The molecule has 1 N–H and O–H groups in total. The third-order valence-electron chi connectivity index (χ3n) is 3.67. The summed E-state index contributed by atoms with van der Waals surface area (Å²) in [6.45, 7) is 5.38. The van der Waals surface area contributed by atoms with Crippen LogP contribution >= 0.6 is 11.3 Å². The topological polar surface area (TPSA) is 90.9 Å². The summed E-state index contributed by atoms with van der Waals surface area (Å²) in [5.74, 6) is -0.947. The van der Waals surface area contributed by atoms with Gasteiger partial charge in [0.2, 0.25) is 0 Å². The van der Waals surface area contributed by atoms with Crippen LogP contribution in [0.25, 0.3) is 0 Å². The molecule has 0 unspecified atom stereocenters. The van der Waals surface area contributed by atoms with E-state index in [1.807, 2.05) is 0 Å². The van der Waals surface area contributed by atoms with Crippen molar-refractivity contribution in [3.63, 3.8) is 0 Å². The number of ether oxygens (including phenoxy) is 3. The molecule has 8 heteroatoms. The van der Waals surface area contributed by atoms with E-state index in [9.17, 15) is 14.4 Å². The van der Waals surface area contributed by atoms with Crippen LogP contribution in [0.5, 0.6) is 5.75 Å². The van der Waals surface area contributed by atoms with E-state index in [0.29, 0.717) is 16.9 Å². The van der Waals surface area contributed by atoms with Gasteiger partial charge in [-0.15, -0.1) is 11.3 Å². The molecule has 0 aliphatic heterocycles. The van der Waals surface area contributed by atoms with Gasteiger partial charge >= 0.3 is 11.9 Å². The van der Waals surface area contributed by atoms with E-state index in [1.165, 1.54) is 7.11 Å². The molecule has 0 radical (unpaired) electrons. The first-order valence-corrected chi connectivity index (χ1v) is 9.17. The second kappa shape index (κ2) is 9.18. The standard InChI is InChI=1S/C19H21NO6S/c1-5-25-18(22)14-11(3)15(19(23)26-6-2)27-17(14)20-16(21)12-7-9-13(24-4)10-8-12/h7-10H,5-6H2,1-4H3,(H,20,21). The fraction of sp³-hybridized carbons (Fsp3) is 0.316. The van der Waals surface area contributed by atoms with E-state index in [0.717, 1.165) is 11.3 Å². The summed E-state index contributed by atoms with van der Waals surface area (Å²) in [5, 5.41) is 2.94. The van der Waals surface area contributed by atoms with E-state index in [1.54, 1.807) is 45.0 Å². The Morgan fingerprint density at radius 2 is 1.59 bits per heavy atom. The molecule has 0 spiro atoms. The second-order valence-electron chi connectivity index (χ2n) is 5.38. The molecule has 0 fully saturated rings. The predicted molar refractivity (Wildman–Crippen MR) is 102 cm³/mol. The summed E-state index contributed by atoms with van der Waals surface area (Å²) in [5.41, 5.74) is 0.961. The number of amides is 1. The van der Waals surface area contributed by atoms with Gasteiger partial charge in [0, 0.05) is 5.56 Å². The van der Waals surface area contributed by atoms with E-state index in [-0.39, 0.29) is 28.7 Å². The average molecular weight is 391 g/mol. The fourth-order valence-electron chi connectivity index (χ4n) is 2.36. The number of methoxy groups -OCH3 is 1. The summed E-state index contributed by atoms with van der Waals surface area (Å²) >= 11 is 0.987. The summed E-state index contributed by atoms with van der Waals surface area (Å²) in [6.07, 6.45) is 0. The highest BCUT2D eigenvalue weighted by molar-refractivity contribution is 7.18. The predicted octanol–water partition coefficient (Wildman–Crippen LogP) is 3.67. The lowest BCUT2D eigenvalue weighted by atomic mass is 10.1. The van der Waals surface area contributed by atoms with Gasteiger partial charge in [-0.05, 0) is 50.6 Å². The molecule has 2 aromatic rings. The average Bonchev–Trinajstić information content (AvgIpc) is 2.98. The smallest absolute Gasteiger partial charge is 0.348 e. The SMILES string of the molecule is CCOC(=O)c1sc(NC(=O)c2ccc(OC)cc2)c(C(=O)OCC)c1C. The Kier molecular flexibility index (Phi) is 6.95. The first kappa shape index (κ1) is 20.4. The van der Waals surface area contributed by atoms with Gasteiger partial charge in [0.25, 0.3) is 5.91 Å². The second-order valence-corrected chi connectivity index (χ2v) is 6.40. The molecule has 1 amide bonds. The fourth-order valence-corrected chi connectivity index (χ4v) is 3.44.